The number of sulfone groups is 1. The lowest BCUT2D eigenvalue weighted by atomic mass is 10.2. The van der Waals surface area contributed by atoms with E-state index in [4.69, 9.17) is 5.73 Å². The molecule has 0 aliphatic rings. The third-order valence-electron chi connectivity index (χ3n) is 2.75. The third kappa shape index (κ3) is 3.16. The molecular formula is C13H13N3O4S. The Labute approximate surface area is 120 Å². The number of amides is 1. The predicted molar refractivity (Wildman–Crippen MR) is 74.3 cm³/mol. The second-order valence-corrected chi connectivity index (χ2v) is 6.35. The Morgan fingerprint density at radius 2 is 1.81 bits per heavy atom. The summed E-state index contributed by atoms with van der Waals surface area (Å²) in [5, 5.41) is 3.39. The SMILES string of the molecule is Cc1ccc(S(=O)(=O)c2ccc(=O)n(CC(N)=O)n2)cc1. The molecule has 1 aromatic heterocycles. The number of aromatic nitrogens is 2. The summed E-state index contributed by atoms with van der Waals surface area (Å²) < 4.78 is 25.5. The number of hydrogen-bond acceptors (Lipinski definition) is 5. The van der Waals surface area contributed by atoms with Gasteiger partial charge in [0.05, 0.1) is 4.90 Å². The van der Waals surface area contributed by atoms with Crippen molar-refractivity contribution in [3.05, 3.63) is 52.3 Å². The molecule has 8 heteroatoms. The topological polar surface area (TPSA) is 112 Å². The highest BCUT2D eigenvalue weighted by Gasteiger charge is 2.20. The summed E-state index contributed by atoms with van der Waals surface area (Å²) >= 11 is 0. The monoisotopic (exact) mass is 307 g/mol. The Balaban J connectivity index is 2.52. The van der Waals surface area contributed by atoms with Crippen LogP contribution in [0.1, 0.15) is 5.56 Å². The van der Waals surface area contributed by atoms with Crippen molar-refractivity contribution >= 4 is 15.7 Å². The number of rotatable bonds is 4. The van der Waals surface area contributed by atoms with Gasteiger partial charge in [-0.2, -0.15) is 5.10 Å². The molecule has 0 fully saturated rings. The number of nitrogens with two attached hydrogens (primary N) is 1. The molecule has 0 atom stereocenters. The van der Waals surface area contributed by atoms with Gasteiger partial charge in [0.15, 0.2) is 5.03 Å². The van der Waals surface area contributed by atoms with Crippen molar-refractivity contribution in [3.8, 4) is 0 Å². The zero-order chi connectivity index (χ0) is 15.6. The van der Waals surface area contributed by atoms with E-state index in [1.165, 1.54) is 12.1 Å². The maximum absolute atomic E-state index is 12.4. The fourth-order valence-corrected chi connectivity index (χ4v) is 2.86. The average Bonchev–Trinajstić information content (AvgIpc) is 2.41. The van der Waals surface area contributed by atoms with Crippen LogP contribution in [0.15, 0.2) is 51.1 Å². The summed E-state index contributed by atoms with van der Waals surface area (Å²) in [7, 11) is -3.85. The standard InChI is InChI=1S/C13H13N3O4S/c1-9-2-4-10(5-3-9)21(19,20)12-6-7-13(18)16(15-12)8-11(14)17/h2-7H,8H2,1H3,(H2,14,17). The number of benzene rings is 1. The fourth-order valence-electron chi connectivity index (χ4n) is 1.67. The van der Waals surface area contributed by atoms with E-state index < -0.39 is 27.8 Å². The second-order valence-electron chi connectivity index (χ2n) is 4.45. The highest BCUT2D eigenvalue weighted by atomic mass is 32.2. The minimum Gasteiger partial charge on any atom is -0.368 e. The maximum atomic E-state index is 12.4. The smallest absolute Gasteiger partial charge is 0.267 e. The summed E-state index contributed by atoms with van der Waals surface area (Å²) in [6.07, 6.45) is 0. The Hall–Kier alpha value is -2.48. The van der Waals surface area contributed by atoms with Crippen molar-refractivity contribution in [3.63, 3.8) is 0 Å². The van der Waals surface area contributed by atoms with E-state index in [0.717, 1.165) is 22.4 Å². The van der Waals surface area contributed by atoms with E-state index in [0.29, 0.717) is 0 Å². The van der Waals surface area contributed by atoms with E-state index >= 15 is 0 Å². The molecule has 0 unspecified atom stereocenters. The summed E-state index contributed by atoms with van der Waals surface area (Å²) in [4.78, 5) is 22.4. The minimum atomic E-state index is -3.85. The van der Waals surface area contributed by atoms with Crippen LogP contribution >= 0.6 is 0 Å². The van der Waals surface area contributed by atoms with Crippen LogP contribution in [0, 0.1) is 6.92 Å². The van der Waals surface area contributed by atoms with Crippen LogP contribution in [0.3, 0.4) is 0 Å². The molecule has 0 spiro atoms. The minimum absolute atomic E-state index is 0.0601. The molecule has 2 rings (SSSR count). The molecule has 0 saturated carbocycles. The predicted octanol–water partition coefficient (Wildman–Crippen LogP) is -0.130. The van der Waals surface area contributed by atoms with Crippen LogP contribution in [-0.4, -0.2) is 24.1 Å². The van der Waals surface area contributed by atoms with Crippen molar-refractivity contribution in [1.82, 2.24) is 9.78 Å². The summed E-state index contributed by atoms with van der Waals surface area (Å²) in [6.45, 7) is 1.36. The third-order valence-corrected chi connectivity index (χ3v) is 4.42. The first-order valence-corrected chi connectivity index (χ1v) is 7.47. The van der Waals surface area contributed by atoms with Crippen molar-refractivity contribution in [1.29, 1.82) is 0 Å². The molecule has 1 amide bonds. The quantitative estimate of drug-likeness (QED) is 0.845. The second kappa shape index (κ2) is 5.49. The van der Waals surface area contributed by atoms with E-state index in [-0.39, 0.29) is 9.92 Å². The molecule has 110 valence electrons. The molecule has 0 radical (unpaired) electrons. The average molecular weight is 307 g/mol. The first-order valence-electron chi connectivity index (χ1n) is 5.99. The van der Waals surface area contributed by atoms with Gasteiger partial charge >= 0.3 is 0 Å². The largest absolute Gasteiger partial charge is 0.368 e. The van der Waals surface area contributed by atoms with Crippen LogP contribution < -0.4 is 11.3 Å². The lowest BCUT2D eigenvalue weighted by Crippen LogP contribution is -2.30. The number of primary amides is 1. The van der Waals surface area contributed by atoms with E-state index in [1.807, 2.05) is 6.92 Å². The Kier molecular flexibility index (Phi) is 3.90. The molecular weight excluding hydrogens is 294 g/mol. The molecule has 2 N–H and O–H groups in total. The van der Waals surface area contributed by atoms with Crippen molar-refractivity contribution in [2.45, 2.75) is 23.4 Å². The first kappa shape index (κ1) is 14.9. The Morgan fingerprint density at radius 3 is 2.38 bits per heavy atom. The van der Waals surface area contributed by atoms with Gasteiger partial charge in [0, 0.05) is 6.07 Å². The molecule has 0 bridgehead atoms. The van der Waals surface area contributed by atoms with Gasteiger partial charge in [0.2, 0.25) is 15.7 Å². The lowest BCUT2D eigenvalue weighted by molar-refractivity contribution is -0.118. The molecule has 0 aliphatic heterocycles. The number of aryl methyl sites for hydroxylation is 1. The van der Waals surface area contributed by atoms with Crippen molar-refractivity contribution < 1.29 is 13.2 Å². The van der Waals surface area contributed by atoms with Gasteiger partial charge < -0.3 is 5.73 Å². The maximum Gasteiger partial charge on any atom is 0.267 e. The molecule has 1 heterocycles. The zero-order valence-corrected chi connectivity index (χ0v) is 12.0. The van der Waals surface area contributed by atoms with E-state index in [1.54, 1.807) is 12.1 Å². The number of nitrogens with zero attached hydrogens (tertiary/aromatic N) is 2. The number of carbonyl (C=O) groups excluding carboxylic acids is 1. The van der Waals surface area contributed by atoms with Gasteiger partial charge in [-0.15, -0.1) is 0 Å². The highest BCUT2D eigenvalue weighted by Crippen LogP contribution is 2.18. The summed E-state index contributed by atoms with van der Waals surface area (Å²) in [6, 6.07) is 8.37. The normalized spacial score (nSPS) is 11.3. The van der Waals surface area contributed by atoms with E-state index in [2.05, 4.69) is 5.10 Å². The summed E-state index contributed by atoms with van der Waals surface area (Å²) in [5.74, 6) is -0.783. The van der Waals surface area contributed by atoms with Crippen LogP contribution in [-0.2, 0) is 21.2 Å². The van der Waals surface area contributed by atoms with Gasteiger partial charge in [-0.1, -0.05) is 17.7 Å². The van der Waals surface area contributed by atoms with Crippen LogP contribution in [0.4, 0.5) is 0 Å². The van der Waals surface area contributed by atoms with Crippen LogP contribution in [0.25, 0.3) is 0 Å². The zero-order valence-electron chi connectivity index (χ0n) is 11.2. The Bertz CT molecular complexity index is 838. The van der Waals surface area contributed by atoms with Gasteiger partial charge in [0.1, 0.15) is 6.54 Å². The lowest BCUT2D eigenvalue weighted by Gasteiger charge is -2.06. The molecule has 1 aromatic carbocycles. The summed E-state index contributed by atoms with van der Waals surface area (Å²) in [5.41, 5.74) is 5.31. The van der Waals surface area contributed by atoms with Crippen molar-refractivity contribution in [2.75, 3.05) is 0 Å². The van der Waals surface area contributed by atoms with Gasteiger partial charge in [-0.05, 0) is 25.1 Å². The first-order chi connectivity index (χ1) is 9.80. The van der Waals surface area contributed by atoms with Crippen LogP contribution in [0.5, 0.6) is 0 Å². The molecule has 0 aliphatic carbocycles. The molecule has 7 nitrogen and oxygen atoms in total. The highest BCUT2D eigenvalue weighted by molar-refractivity contribution is 7.91. The Morgan fingerprint density at radius 1 is 1.19 bits per heavy atom. The number of hydrogen-bond donors (Lipinski definition) is 1. The van der Waals surface area contributed by atoms with Gasteiger partial charge in [-0.3, -0.25) is 9.59 Å². The van der Waals surface area contributed by atoms with Gasteiger partial charge in [-0.25, -0.2) is 13.1 Å². The van der Waals surface area contributed by atoms with Crippen LogP contribution in [0.2, 0.25) is 0 Å². The molecule has 2 aromatic rings. The molecule has 21 heavy (non-hydrogen) atoms. The van der Waals surface area contributed by atoms with E-state index in [9.17, 15) is 18.0 Å². The molecule has 0 saturated heterocycles. The van der Waals surface area contributed by atoms with Gasteiger partial charge in [0.25, 0.3) is 5.56 Å². The number of carbonyl (C=O) groups is 1. The fraction of sp³-hybridized carbons (Fsp3) is 0.154. The van der Waals surface area contributed by atoms with Crippen molar-refractivity contribution in [2.24, 2.45) is 5.73 Å².